The molecule has 2 aromatic carbocycles. The fraction of sp³-hybridized carbons (Fsp3) is 0.308. The summed E-state index contributed by atoms with van der Waals surface area (Å²) in [4.78, 5) is 42.9. The molecule has 1 saturated carbocycles. The van der Waals surface area contributed by atoms with Crippen LogP contribution in [0.4, 0.5) is 5.13 Å². The number of benzene rings is 2. The van der Waals surface area contributed by atoms with E-state index in [2.05, 4.69) is 15.0 Å². The first-order chi connectivity index (χ1) is 17.1. The van der Waals surface area contributed by atoms with E-state index < -0.39 is 11.9 Å². The summed E-state index contributed by atoms with van der Waals surface area (Å²) in [5.41, 5.74) is 1.83. The number of ether oxygens (including phenoxy) is 1. The monoisotopic (exact) mass is 490 g/mol. The predicted octanol–water partition coefficient (Wildman–Crippen LogP) is 5.18. The Balaban J connectivity index is 1.51. The Morgan fingerprint density at radius 1 is 1.11 bits per heavy atom. The summed E-state index contributed by atoms with van der Waals surface area (Å²) in [6.07, 6.45) is 6.90. The molecule has 180 valence electrons. The Hall–Kier alpha value is -3.72. The van der Waals surface area contributed by atoms with E-state index in [1.807, 2.05) is 36.4 Å². The number of carbonyl (C=O) groups excluding carboxylic acids is 2. The topological polar surface area (TPSA) is 95.2 Å². The minimum atomic E-state index is -0.475. The number of rotatable bonds is 6. The van der Waals surface area contributed by atoms with E-state index in [0.29, 0.717) is 21.0 Å². The molecule has 0 spiro atoms. The van der Waals surface area contributed by atoms with Crippen LogP contribution in [0.3, 0.4) is 0 Å². The summed E-state index contributed by atoms with van der Waals surface area (Å²) in [6, 6.07) is 15.1. The van der Waals surface area contributed by atoms with Crippen LogP contribution in [0, 0.1) is 0 Å². The third-order valence-electron chi connectivity index (χ3n) is 6.27. The first-order valence-electron chi connectivity index (χ1n) is 11.8. The number of nitrogens with one attached hydrogen (secondary N) is 1. The van der Waals surface area contributed by atoms with Gasteiger partial charge in [0.1, 0.15) is 4.88 Å². The van der Waals surface area contributed by atoms with Crippen LogP contribution in [0.15, 0.2) is 59.5 Å². The number of fused-ring (bicyclic) bond motifs is 1. The number of aromatic nitrogens is 3. The van der Waals surface area contributed by atoms with Crippen LogP contribution in [0.1, 0.15) is 65.1 Å². The van der Waals surface area contributed by atoms with Crippen molar-refractivity contribution in [1.29, 1.82) is 0 Å². The Kier molecular flexibility index (Phi) is 6.50. The minimum absolute atomic E-state index is 0.148. The van der Waals surface area contributed by atoms with Crippen molar-refractivity contribution < 1.29 is 14.3 Å². The molecule has 8 nitrogen and oxygen atoms in total. The lowest BCUT2D eigenvalue weighted by Crippen LogP contribution is -2.25. The first-order valence-corrected chi connectivity index (χ1v) is 12.7. The maximum absolute atomic E-state index is 13.6. The van der Waals surface area contributed by atoms with Crippen LogP contribution < -0.4 is 10.9 Å². The van der Waals surface area contributed by atoms with Crippen molar-refractivity contribution in [3.05, 3.63) is 75.5 Å². The number of thiazole rings is 1. The molecule has 0 radical (unpaired) electrons. The van der Waals surface area contributed by atoms with Gasteiger partial charge in [0.15, 0.2) is 5.13 Å². The zero-order valence-electron chi connectivity index (χ0n) is 19.4. The Labute approximate surface area is 206 Å². The smallest absolute Gasteiger partial charge is 0.350 e. The molecule has 9 heteroatoms. The van der Waals surface area contributed by atoms with Crippen LogP contribution >= 0.6 is 11.3 Å². The number of hydrogen-bond donors (Lipinski definition) is 1. The zero-order valence-corrected chi connectivity index (χ0v) is 20.2. The lowest BCUT2D eigenvalue weighted by Gasteiger charge is -2.26. The number of hydrogen-bond acceptors (Lipinski definition) is 6. The van der Waals surface area contributed by atoms with E-state index in [4.69, 9.17) is 4.74 Å². The molecule has 1 aliphatic rings. The van der Waals surface area contributed by atoms with Crippen LogP contribution in [0.5, 0.6) is 0 Å². The average molecular weight is 491 g/mol. The average Bonchev–Trinajstić information content (AvgIpc) is 3.47. The lowest BCUT2D eigenvalue weighted by atomic mass is 9.95. The summed E-state index contributed by atoms with van der Waals surface area (Å²) in [6.45, 7) is 1.99. The van der Waals surface area contributed by atoms with Crippen molar-refractivity contribution >= 4 is 39.2 Å². The van der Waals surface area contributed by atoms with E-state index in [0.717, 1.165) is 48.2 Å². The molecule has 2 heterocycles. The highest BCUT2D eigenvalue weighted by molar-refractivity contribution is 7.17. The highest BCUT2D eigenvalue weighted by Crippen LogP contribution is 2.32. The molecule has 0 aliphatic heterocycles. The molecule has 35 heavy (non-hydrogen) atoms. The fourth-order valence-corrected chi connectivity index (χ4v) is 5.37. The van der Waals surface area contributed by atoms with Crippen molar-refractivity contribution in [3.8, 4) is 5.69 Å². The van der Waals surface area contributed by atoms with Gasteiger partial charge in [0.25, 0.3) is 11.5 Å². The van der Waals surface area contributed by atoms with Crippen molar-refractivity contribution in [1.82, 2.24) is 14.3 Å². The maximum atomic E-state index is 13.6. The van der Waals surface area contributed by atoms with Crippen LogP contribution in [0.2, 0.25) is 0 Å². The second-order valence-corrected chi connectivity index (χ2v) is 9.56. The number of amides is 1. The lowest BCUT2D eigenvalue weighted by molar-refractivity contribution is 0.0531. The largest absolute Gasteiger partial charge is 0.462 e. The molecule has 0 atom stereocenters. The summed E-state index contributed by atoms with van der Waals surface area (Å²) in [5, 5.41) is 3.51. The third kappa shape index (κ3) is 4.51. The van der Waals surface area contributed by atoms with Crippen molar-refractivity contribution in [2.24, 2.45) is 0 Å². The van der Waals surface area contributed by atoms with E-state index in [1.165, 1.54) is 12.6 Å². The fourth-order valence-electron chi connectivity index (χ4n) is 4.66. The molecule has 0 saturated heterocycles. The zero-order chi connectivity index (χ0) is 24.4. The Bertz CT molecular complexity index is 1430. The van der Waals surface area contributed by atoms with E-state index in [-0.39, 0.29) is 18.2 Å². The third-order valence-corrected chi connectivity index (χ3v) is 7.16. The molecule has 1 aliphatic carbocycles. The van der Waals surface area contributed by atoms with Gasteiger partial charge in [-0.25, -0.2) is 14.5 Å². The highest BCUT2D eigenvalue weighted by Gasteiger charge is 2.24. The van der Waals surface area contributed by atoms with Crippen molar-refractivity contribution in [2.45, 2.75) is 45.1 Å². The van der Waals surface area contributed by atoms with Gasteiger partial charge < -0.3 is 4.74 Å². The molecule has 0 bridgehead atoms. The van der Waals surface area contributed by atoms with Crippen LogP contribution in [-0.4, -0.2) is 32.8 Å². The number of para-hydroxylation sites is 1. The molecule has 1 N–H and O–H groups in total. The molecule has 5 rings (SSSR count). The SMILES string of the molecule is CCOC(=O)c1cnc(NC(=O)c2ccc3c(c2)c(=O)n(-c2ccccc2)n3C2CCCCC2)s1. The van der Waals surface area contributed by atoms with Gasteiger partial charge in [-0.3, -0.25) is 19.6 Å². The predicted molar refractivity (Wildman–Crippen MR) is 136 cm³/mol. The number of esters is 1. The second-order valence-electron chi connectivity index (χ2n) is 8.53. The van der Waals surface area contributed by atoms with Gasteiger partial charge in [-0.05, 0) is 50.1 Å². The maximum Gasteiger partial charge on any atom is 0.350 e. The van der Waals surface area contributed by atoms with Crippen molar-refractivity contribution in [3.63, 3.8) is 0 Å². The Morgan fingerprint density at radius 3 is 2.63 bits per heavy atom. The molecular formula is C26H26N4O4S. The van der Waals surface area contributed by atoms with Gasteiger partial charge in [-0.15, -0.1) is 0 Å². The number of carbonyl (C=O) groups is 2. The van der Waals surface area contributed by atoms with Crippen molar-refractivity contribution in [2.75, 3.05) is 11.9 Å². The molecular weight excluding hydrogens is 464 g/mol. The van der Waals surface area contributed by atoms with E-state index in [1.54, 1.807) is 23.7 Å². The van der Waals surface area contributed by atoms with Gasteiger partial charge in [0.05, 0.1) is 35.4 Å². The normalized spacial score (nSPS) is 14.2. The van der Waals surface area contributed by atoms with Gasteiger partial charge in [-0.2, -0.15) is 0 Å². The summed E-state index contributed by atoms with van der Waals surface area (Å²) in [5.74, 6) is -0.870. The summed E-state index contributed by atoms with van der Waals surface area (Å²) >= 11 is 1.05. The van der Waals surface area contributed by atoms with Gasteiger partial charge >= 0.3 is 5.97 Å². The number of anilines is 1. The molecule has 4 aromatic rings. The molecule has 1 amide bonds. The second kappa shape index (κ2) is 9.87. The van der Waals surface area contributed by atoms with Gasteiger partial charge in [0.2, 0.25) is 0 Å². The highest BCUT2D eigenvalue weighted by atomic mass is 32.1. The summed E-state index contributed by atoms with van der Waals surface area (Å²) < 4.78 is 8.83. The quantitative estimate of drug-likeness (QED) is 0.376. The standard InChI is InChI=1S/C26H26N4O4S/c1-2-34-25(33)22-16-27-26(35-22)28-23(31)17-13-14-21-20(15-17)24(32)30(19-11-7-4-8-12-19)29(21)18-9-5-3-6-10-18/h4,7-8,11-16,18H,2-3,5-6,9-10H2,1H3,(H,27,28,31). The minimum Gasteiger partial charge on any atom is -0.462 e. The number of nitrogens with zero attached hydrogens (tertiary/aromatic N) is 3. The molecule has 0 unspecified atom stereocenters. The first kappa shape index (κ1) is 23.0. The summed E-state index contributed by atoms with van der Waals surface area (Å²) in [7, 11) is 0. The van der Waals surface area contributed by atoms with Crippen LogP contribution in [-0.2, 0) is 4.74 Å². The van der Waals surface area contributed by atoms with E-state index in [9.17, 15) is 14.4 Å². The Morgan fingerprint density at radius 2 is 1.89 bits per heavy atom. The molecule has 1 fully saturated rings. The van der Waals surface area contributed by atoms with Gasteiger partial charge in [0, 0.05) is 5.56 Å². The molecule has 2 aromatic heterocycles. The van der Waals surface area contributed by atoms with E-state index >= 15 is 0 Å². The van der Waals surface area contributed by atoms with Gasteiger partial charge in [-0.1, -0.05) is 48.8 Å². The van der Waals surface area contributed by atoms with Crippen LogP contribution in [0.25, 0.3) is 16.6 Å².